The summed E-state index contributed by atoms with van der Waals surface area (Å²) in [5, 5.41) is 2.79. The lowest BCUT2D eigenvalue weighted by atomic mass is 9.93. The minimum absolute atomic E-state index is 0.0709. The van der Waals surface area contributed by atoms with E-state index in [9.17, 15) is 19.2 Å². The lowest BCUT2D eigenvalue weighted by Crippen LogP contribution is -2.53. The van der Waals surface area contributed by atoms with Gasteiger partial charge in [-0.15, -0.1) is 0 Å². The van der Waals surface area contributed by atoms with Crippen LogP contribution in [0.5, 0.6) is 0 Å². The van der Waals surface area contributed by atoms with Crippen molar-refractivity contribution in [3.63, 3.8) is 0 Å². The van der Waals surface area contributed by atoms with Crippen LogP contribution in [0.4, 0.5) is 0 Å². The molecule has 0 radical (unpaired) electrons. The first-order valence-electron chi connectivity index (χ1n) is 9.41. The number of ketones is 1. The molecule has 7 heteroatoms. The zero-order valence-corrected chi connectivity index (χ0v) is 15.6. The fourth-order valence-electron chi connectivity index (χ4n) is 3.98. The Balaban J connectivity index is 1.77. The van der Waals surface area contributed by atoms with E-state index in [0.29, 0.717) is 37.1 Å². The molecule has 1 aliphatic carbocycles. The van der Waals surface area contributed by atoms with Crippen LogP contribution in [0.25, 0.3) is 0 Å². The molecule has 1 aromatic heterocycles. The summed E-state index contributed by atoms with van der Waals surface area (Å²) in [5.41, 5.74) is 1.98. The summed E-state index contributed by atoms with van der Waals surface area (Å²) in [6, 6.07) is 7.96. The monoisotopic (exact) mass is 379 g/mol. The van der Waals surface area contributed by atoms with Gasteiger partial charge in [0, 0.05) is 30.8 Å². The van der Waals surface area contributed by atoms with Crippen LogP contribution in [0.3, 0.4) is 0 Å². The first-order chi connectivity index (χ1) is 13.5. The summed E-state index contributed by atoms with van der Waals surface area (Å²) >= 11 is 0. The molecule has 144 valence electrons. The molecule has 0 spiro atoms. The first-order valence-corrected chi connectivity index (χ1v) is 9.41. The molecule has 1 unspecified atom stereocenters. The van der Waals surface area contributed by atoms with Gasteiger partial charge in [0.25, 0.3) is 11.5 Å². The van der Waals surface area contributed by atoms with Crippen molar-refractivity contribution in [3.8, 4) is 0 Å². The Hall–Kier alpha value is -3.22. The van der Waals surface area contributed by atoms with E-state index in [1.54, 1.807) is 0 Å². The predicted octanol–water partition coefficient (Wildman–Crippen LogP) is 1.52. The maximum Gasteiger partial charge on any atom is 0.261 e. The van der Waals surface area contributed by atoms with Crippen molar-refractivity contribution in [1.29, 1.82) is 0 Å². The fraction of sp³-hybridized carbons (Fsp3) is 0.333. The van der Waals surface area contributed by atoms with E-state index in [0.717, 1.165) is 11.1 Å². The number of aryl methyl sites for hydroxylation is 2. The van der Waals surface area contributed by atoms with E-state index in [2.05, 4.69) is 10.3 Å². The van der Waals surface area contributed by atoms with Crippen LogP contribution in [-0.2, 0) is 11.2 Å². The number of nitrogens with one attached hydrogen (secondary N) is 2. The number of H-pyrrole nitrogens is 1. The maximum absolute atomic E-state index is 13.3. The number of piperazine rings is 1. The van der Waals surface area contributed by atoms with E-state index in [1.807, 2.05) is 31.2 Å². The van der Waals surface area contributed by atoms with Gasteiger partial charge < -0.3 is 15.2 Å². The van der Waals surface area contributed by atoms with Gasteiger partial charge in [-0.2, -0.15) is 0 Å². The Kier molecular flexibility index (Phi) is 4.58. The molecule has 28 heavy (non-hydrogen) atoms. The summed E-state index contributed by atoms with van der Waals surface area (Å²) in [6.07, 6.45) is 1.71. The number of fused-ring (bicyclic) bond motifs is 1. The Bertz CT molecular complexity index is 1040. The molecule has 1 aliphatic heterocycles. The van der Waals surface area contributed by atoms with Crippen LogP contribution in [-0.4, -0.2) is 40.6 Å². The minimum Gasteiger partial charge on any atom is -0.352 e. The number of carbonyl (C=O) groups is 3. The number of aromatic nitrogens is 1. The highest BCUT2D eigenvalue weighted by Crippen LogP contribution is 2.28. The van der Waals surface area contributed by atoms with Crippen molar-refractivity contribution in [2.24, 2.45) is 0 Å². The molecule has 1 atom stereocenters. The van der Waals surface area contributed by atoms with Crippen molar-refractivity contribution in [1.82, 2.24) is 15.2 Å². The van der Waals surface area contributed by atoms with Crippen LogP contribution in [0.2, 0.25) is 0 Å². The van der Waals surface area contributed by atoms with Crippen molar-refractivity contribution in [2.45, 2.75) is 32.2 Å². The molecule has 1 fully saturated rings. The normalized spacial score (nSPS) is 19.2. The van der Waals surface area contributed by atoms with Gasteiger partial charge in [0.2, 0.25) is 5.91 Å². The molecule has 4 rings (SSSR count). The highest BCUT2D eigenvalue weighted by molar-refractivity contribution is 6.03. The second-order valence-corrected chi connectivity index (χ2v) is 7.23. The van der Waals surface area contributed by atoms with E-state index >= 15 is 0 Å². The lowest BCUT2D eigenvalue weighted by Gasteiger charge is -2.36. The van der Waals surface area contributed by atoms with E-state index < -0.39 is 17.5 Å². The zero-order chi connectivity index (χ0) is 19.8. The molecule has 0 saturated carbocycles. The molecule has 2 aromatic rings. The van der Waals surface area contributed by atoms with Crippen molar-refractivity contribution >= 4 is 17.6 Å². The van der Waals surface area contributed by atoms with Gasteiger partial charge >= 0.3 is 0 Å². The van der Waals surface area contributed by atoms with Crippen molar-refractivity contribution < 1.29 is 14.4 Å². The van der Waals surface area contributed by atoms with Gasteiger partial charge in [0.05, 0.1) is 0 Å². The first kappa shape index (κ1) is 18.2. The number of pyridine rings is 1. The minimum atomic E-state index is -0.811. The van der Waals surface area contributed by atoms with E-state index in [4.69, 9.17) is 0 Å². The number of nitrogens with zero attached hydrogens (tertiary/aromatic N) is 1. The summed E-state index contributed by atoms with van der Waals surface area (Å²) in [7, 11) is 0. The van der Waals surface area contributed by atoms with Crippen LogP contribution >= 0.6 is 0 Å². The molecule has 1 saturated heterocycles. The SMILES string of the molecule is Cc1ccccc1C1C(=O)NCCN1C(=O)c1cc2c([nH]c1=O)CCCC2=O. The Labute approximate surface area is 161 Å². The summed E-state index contributed by atoms with van der Waals surface area (Å²) in [4.78, 5) is 54.8. The summed E-state index contributed by atoms with van der Waals surface area (Å²) < 4.78 is 0. The largest absolute Gasteiger partial charge is 0.352 e. The zero-order valence-electron chi connectivity index (χ0n) is 15.6. The van der Waals surface area contributed by atoms with Crippen LogP contribution in [0, 0.1) is 6.92 Å². The Morgan fingerprint density at radius 1 is 1.14 bits per heavy atom. The number of amides is 2. The maximum atomic E-state index is 13.3. The van der Waals surface area contributed by atoms with Crippen molar-refractivity contribution in [2.75, 3.05) is 13.1 Å². The molecule has 2 heterocycles. The Morgan fingerprint density at radius 2 is 1.93 bits per heavy atom. The predicted molar refractivity (Wildman–Crippen MR) is 102 cm³/mol. The molecule has 2 amide bonds. The van der Waals surface area contributed by atoms with Gasteiger partial charge in [-0.05, 0) is 37.0 Å². The third-order valence-corrected chi connectivity index (χ3v) is 5.44. The van der Waals surface area contributed by atoms with Gasteiger partial charge in [0.15, 0.2) is 5.78 Å². The van der Waals surface area contributed by atoms with Gasteiger partial charge in [-0.25, -0.2) is 0 Å². The number of rotatable bonds is 2. The number of Topliss-reactive ketones (excluding diaryl/α,β-unsaturated/α-hetero) is 1. The van der Waals surface area contributed by atoms with Gasteiger partial charge in [-0.3, -0.25) is 19.2 Å². The number of benzene rings is 1. The summed E-state index contributed by atoms with van der Waals surface area (Å²) in [5.74, 6) is -0.886. The van der Waals surface area contributed by atoms with Crippen LogP contribution in [0.15, 0.2) is 35.1 Å². The molecule has 2 N–H and O–H groups in total. The Morgan fingerprint density at radius 3 is 2.71 bits per heavy atom. The number of aromatic amines is 1. The highest BCUT2D eigenvalue weighted by atomic mass is 16.2. The van der Waals surface area contributed by atoms with Crippen molar-refractivity contribution in [3.05, 3.63) is 68.6 Å². The van der Waals surface area contributed by atoms with Crippen LogP contribution < -0.4 is 10.9 Å². The lowest BCUT2D eigenvalue weighted by molar-refractivity contribution is -0.128. The number of hydrogen-bond acceptors (Lipinski definition) is 4. The highest BCUT2D eigenvalue weighted by Gasteiger charge is 2.36. The van der Waals surface area contributed by atoms with Gasteiger partial charge in [0.1, 0.15) is 11.6 Å². The topological polar surface area (TPSA) is 99.3 Å². The number of carbonyl (C=O) groups excluding carboxylic acids is 3. The molecular weight excluding hydrogens is 358 g/mol. The fourth-order valence-corrected chi connectivity index (χ4v) is 3.98. The third kappa shape index (κ3) is 3.02. The number of hydrogen-bond donors (Lipinski definition) is 2. The molecule has 7 nitrogen and oxygen atoms in total. The molecule has 1 aromatic carbocycles. The smallest absolute Gasteiger partial charge is 0.261 e. The quantitative estimate of drug-likeness (QED) is 0.826. The summed E-state index contributed by atoms with van der Waals surface area (Å²) in [6.45, 7) is 2.48. The average molecular weight is 379 g/mol. The van der Waals surface area contributed by atoms with E-state index in [1.165, 1.54) is 11.0 Å². The molecule has 0 bridgehead atoms. The standard InChI is InChI=1S/C21H21N3O4/c1-12-5-2-3-6-13(12)18-20(27)22-9-10-24(18)21(28)15-11-14-16(23-19(15)26)7-4-8-17(14)25/h2-3,5-6,11,18H,4,7-10H2,1H3,(H,22,27)(H,23,26). The van der Waals surface area contributed by atoms with Gasteiger partial charge in [-0.1, -0.05) is 24.3 Å². The second-order valence-electron chi connectivity index (χ2n) is 7.23. The second kappa shape index (κ2) is 7.07. The third-order valence-electron chi connectivity index (χ3n) is 5.44. The van der Waals surface area contributed by atoms with Crippen LogP contribution in [0.1, 0.15) is 56.4 Å². The van der Waals surface area contributed by atoms with E-state index in [-0.39, 0.29) is 23.8 Å². The average Bonchev–Trinajstić information content (AvgIpc) is 2.68. The molecule has 2 aliphatic rings. The molecular formula is C21H21N3O4.